The summed E-state index contributed by atoms with van der Waals surface area (Å²) < 4.78 is 5.82. The Hall–Kier alpha value is -1.51. The Morgan fingerprint density at radius 2 is 1.60 bits per heavy atom. The van der Waals surface area contributed by atoms with Gasteiger partial charge in [0.2, 0.25) is 0 Å². The van der Waals surface area contributed by atoms with Crippen LogP contribution in [0.3, 0.4) is 0 Å². The predicted octanol–water partition coefficient (Wildman–Crippen LogP) is 5.19. The molecular formula is C17H19ClO2. The van der Waals surface area contributed by atoms with Gasteiger partial charge < -0.3 is 9.84 Å². The van der Waals surface area contributed by atoms with Crippen LogP contribution < -0.4 is 4.74 Å². The van der Waals surface area contributed by atoms with Crippen molar-refractivity contribution in [3.05, 3.63) is 58.1 Å². The zero-order valence-electron chi connectivity index (χ0n) is 12.0. The standard InChI is InChI=1S/C17H19ClO2/c1-4-16(19)13-5-7-14(8-6-13)20-15-9-11(2)17(18)12(3)10-15/h5-10,16,19H,4H2,1-3H3/t16-/m0/s1. The molecule has 2 aromatic rings. The van der Waals surface area contributed by atoms with Gasteiger partial charge in [0.15, 0.2) is 0 Å². The van der Waals surface area contributed by atoms with E-state index in [1.54, 1.807) is 0 Å². The van der Waals surface area contributed by atoms with Gasteiger partial charge in [0.1, 0.15) is 11.5 Å². The van der Waals surface area contributed by atoms with E-state index in [1.165, 1.54) is 0 Å². The lowest BCUT2D eigenvalue weighted by atomic mass is 10.1. The van der Waals surface area contributed by atoms with E-state index in [4.69, 9.17) is 16.3 Å². The lowest BCUT2D eigenvalue weighted by Gasteiger charge is -2.11. The molecule has 0 fully saturated rings. The van der Waals surface area contributed by atoms with Crippen molar-refractivity contribution in [1.29, 1.82) is 0 Å². The largest absolute Gasteiger partial charge is 0.457 e. The molecule has 20 heavy (non-hydrogen) atoms. The van der Waals surface area contributed by atoms with Gasteiger partial charge in [-0.2, -0.15) is 0 Å². The maximum atomic E-state index is 9.76. The van der Waals surface area contributed by atoms with Gasteiger partial charge in [0, 0.05) is 5.02 Å². The van der Waals surface area contributed by atoms with Crippen LogP contribution in [0.15, 0.2) is 36.4 Å². The van der Waals surface area contributed by atoms with Gasteiger partial charge in [-0.1, -0.05) is 30.7 Å². The van der Waals surface area contributed by atoms with Crippen LogP contribution in [0.1, 0.15) is 36.1 Å². The Morgan fingerprint density at radius 3 is 2.10 bits per heavy atom. The van der Waals surface area contributed by atoms with E-state index in [0.717, 1.165) is 33.2 Å². The molecule has 1 atom stereocenters. The SMILES string of the molecule is CC[C@H](O)c1ccc(Oc2cc(C)c(Cl)c(C)c2)cc1. The summed E-state index contributed by atoms with van der Waals surface area (Å²) in [6, 6.07) is 11.4. The summed E-state index contributed by atoms with van der Waals surface area (Å²) in [5, 5.41) is 10.5. The Bertz CT molecular complexity index is 567. The summed E-state index contributed by atoms with van der Waals surface area (Å²) in [7, 11) is 0. The highest BCUT2D eigenvalue weighted by atomic mass is 35.5. The van der Waals surface area contributed by atoms with Crippen LogP contribution in [-0.4, -0.2) is 5.11 Å². The van der Waals surface area contributed by atoms with Crippen LogP contribution in [-0.2, 0) is 0 Å². The van der Waals surface area contributed by atoms with Crippen molar-refractivity contribution < 1.29 is 9.84 Å². The molecule has 3 heteroatoms. The summed E-state index contributed by atoms with van der Waals surface area (Å²) in [4.78, 5) is 0. The molecule has 0 saturated carbocycles. The Balaban J connectivity index is 2.18. The van der Waals surface area contributed by atoms with E-state index in [0.29, 0.717) is 6.42 Å². The van der Waals surface area contributed by atoms with Crippen LogP contribution in [0.4, 0.5) is 0 Å². The van der Waals surface area contributed by atoms with Gasteiger partial charge in [-0.3, -0.25) is 0 Å². The number of aliphatic hydroxyl groups is 1. The second-order valence-electron chi connectivity index (χ2n) is 4.97. The Labute approximate surface area is 125 Å². The van der Waals surface area contributed by atoms with Crippen molar-refractivity contribution in [1.82, 2.24) is 0 Å². The molecule has 2 aromatic carbocycles. The first kappa shape index (κ1) is 14.9. The monoisotopic (exact) mass is 290 g/mol. The summed E-state index contributed by atoms with van der Waals surface area (Å²) in [5.74, 6) is 1.52. The first-order chi connectivity index (χ1) is 9.51. The molecular weight excluding hydrogens is 272 g/mol. The molecule has 0 aliphatic carbocycles. The van der Waals surface area contributed by atoms with E-state index in [2.05, 4.69) is 0 Å². The first-order valence-electron chi connectivity index (χ1n) is 6.74. The normalized spacial score (nSPS) is 12.2. The summed E-state index contributed by atoms with van der Waals surface area (Å²) in [6.45, 7) is 5.88. The molecule has 1 N–H and O–H groups in total. The fourth-order valence-electron chi connectivity index (χ4n) is 2.09. The van der Waals surface area contributed by atoms with Crippen molar-refractivity contribution >= 4 is 11.6 Å². The van der Waals surface area contributed by atoms with Gasteiger partial charge in [-0.05, 0) is 61.2 Å². The molecule has 0 aliphatic heterocycles. The van der Waals surface area contributed by atoms with E-state index >= 15 is 0 Å². The van der Waals surface area contributed by atoms with E-state index < -0.39 is 6.10 Å². The van der Waals surface area contributed by atoms with Crippen LogP contribution >= 0.6 is 11.6 Å². The third-order valence-corrected chi connectivity index (χ3v) is 3.89. The average Bonchev–Trinajstić information content (AvgIpc) is 2.44. The Morgan fingerprint density at radius 1 is 1.05 bits per heavy atom. The molecule has 2 rings (SSSR count). The van der Waals surface area contributed by atoms with Crippen LogP contribution in [0.2, 0.25) is 5.02 Å². The van der Waals surface area contributed by atoms with Gasteiger partial charge in [0.05, 0.1) is 6.10 Å². The second kappa shape index (κ2) is 6.29. The molecule has 0 bridgehead atoms. The molecule has 2 nitrogen and oxygen atoms in total. The van der Waals surface area contributed by atoms with Crippen LogP contribution in [0.25, 0.3) is 0 Å². The first-order valence-corrected chi connectivity index (χ1v) is 7.11. The third kappa shape index (κ3) is 3.33. The topological polar surface area (TPSA) is 29.5 Å². The number of hydrogen-bond donors (Lipinski definition) is 1. The van der Waals surface area contributed by atoms with Crippen molar-refractivity contribution in [2.75, 3.05) is 0 Å². The number of rotatable bonds is 4. The fourth-order valence-corrected chi connectivity index (χ4v) is 2.20. The average molecular weight is 291 g/mol. The minimum atomic E-state index is -0.413. The molecule has 0 saturated heterocycles. The number of hydrogen-bond acceptors (Lipinski definition) is 2. The van der Waals surface area contributed by atoms with E-state index in [1.807, 2.05) is 57.2 Å². The molecule has 106 valence electrons. The fraction of sp³-hybridized carbons (Fsp3) is 0.294. The lowest BCUT2D eigenvalue weighted by molar-refractivity contribution is 0.173. The number of ether oxygens (including phenoxy) is 1. The highest BCUT2D eigenvalue weighted by Crippen LogP contribution is 2.29. The second-order valence-corrected chi connectivity index (χ2v) is 5.34. The molecule has 0 unspecified atom stereocenters. The molecule has 0 heterocycles. The van der Waals surface area contributed by atoms with Gasteiger partial charge in [-0.25, -0.2) is 0 Å². The van der Waals surface area contributed by atoms with Crippen LogP contribution in [0, 0.1) is 13.8 Å². The molecule has 0 amide bonds. The highest BCUT2D eigenvalue weighted by molar-refractivity contribution is 6.32. The summed E-state index contributed by atoms with van der Waals surface area (Å²) in [6.07, 6.45) is 0.291. The molecule has 0 aromatic heterocycles. The minimum Gasteiger partial charge on any atom is -0.457 e. The number of aryl methyl sites for hydroxylation is 2. The molecule has 0 radical (unpaired) electrons. The number of benzene rings is 2. The maximum absolute atomic E-state index is 9.76. The molecule has 0 aliphatic rings. The molecule has 0 spiro atoms. The minimum absolute atomic E-state index is 0.413. The summed E-state index contributed by atoms with van der Waals surface area (Å²) >= 11 is 6.14. The lowest BCUT2D eigenvalue weighted by Crippen LogP contribution is -1.94. The Kier molecular flexibility index (Phi) is 4.69. The van der Waals surface area contributed by atoms with Gasteiger partial charge >= 0.3 is 0 Å². The zero-order valence-corrected chi connectivity index (χ0v) is 12.7. The maximum Gasteiger partial charge on any atom is 0.128 e. The van der Waals surface area contributed by atoms with Crippen molar-refractivity contribution in [2.24, 2.45) is 0 Å². The van der Waals surface area contributed by atoms with Crippen LogP contribution in [0.5, 0.6) is 11.5 Å². The number of aliphatic hydroxyl groups excluding tert-OH is 1. The smallest absolute Gasteiger partial charge is 0.128 e. The van der Waals surface area contributed by atoms with Crippen molar-refractivity contribution in [3.63, 3.8) is 0 Å². The van der Waals surface area contributed by atoms with Gasteiger partial charge in [-0.15, -0.1) is 0 Å². The van der Waals surface area contributed by atoms with Crippen molar-refractivity contribution in [2.45, 2.75) is 33.3 Å². The van der Waals surface area contributed by atoms with E-state index in [-0.39, 0.29) is 0 Å². The summed E-state index contributed by atoms with van der Waals surface area (Å²) in [5.41, 5.74) is 2.91. The van der Waals surface area contributed by atoms with Crippen molar-refractivity contribution in [3.8, 4) is 11.5 Å². The van der Waals surface area contributed by atoms with Gasteiger partial charge in [0.25, 0.3) is 0 Å². The quantitative estimate of drug-likeness (QED) is 0.839. The van der Waals surface area contributed by atoms with E-state index in [9.17, 15) is 5.11 Å². The predicted molar refractivity (Wildman–Crippen MR) is 82.7 cm³/mol. The third-order valence-electron chi connectivity index (χ3n) is 3.30. The zero-order chi connectivity index (χ0) is 14.7. The highest BCUT2D eigenvalue weighted by Gasteiger charge is 2.07. The number of halogens is 1.